The molecule has 2 rings (SSSR count). The number of nitrogens with zero attached hydrogens (tertiary/aromatic N) is 1. The van der Waals surface area contributed by atoms with Gasteiger partial charge in [0.05, 0.1) is 0 Å². The second kappa shape index (κ2) is 4.89. The maximum atomic E-state index is 3.86. The van der Waals surface area contributed by atoms with Crippen molar-refractivity contribution < 1.29 is 0 Å². The Hall–Kier alpha value is -0.0800. The molecule has 2 heteroatoms. The van der Waals surface area contributed by atoms with Gasteiger partial charge in [-0.05, 0) is 50.9 Å². The van der Waals surface area contributed by atoms with Gasteiger partial charge in [0.15, 0.2) is 0 Å². The molecule has 0 aromatic heterocycles. The first kappa shape index (κ1) is 13.4. The monoisotopic (exact) mass is 238 g/mol. The predicted octanol–water partition coefficient (Wildman–Crippen LogP) is 3.58. The highest BCUT2D eigenvalue weighted by Crippen LogP contribution is 2.41. The van der Waals surface area contributed by atoms with Crippen LogP contribution in [0.3, 0.4) is 0 Å². The molecule has 1 saturated carbocycles. The van der Waals surface area contributed by atoms with Gasteiger partial charge in [0.2, 0.25) is 0 Å². The average Bonchev–Trinajstić information content (AvgIpc) is 2.46. The summed E-state index contributed by atoms with van der Waals surface area (Å²) < 4.78 is 0. The molecule has 2 aliphatic rings. The summed E-state index contributed by atoms with van der Waals surface area (Å²) in [5.41, 5.74) is 4.38. The van der Waals surface area contributed by atoms with Crippen molar-refractivity contribution in [1.82, 2.24) is 10.4 Å². The summed E-state index contributed by atoms with van der Waals surface area (Å²) in [6.07, 6.45) is 6.78. The molecule has 0 aromatic carbocycles. The van der Waals surface area contributed by atoms with Crippen LogP contribution < -0.4 is 5.43 Å². The largest absolute Gasteiger partial charge is 0.251 e. The number of nitrogens with one attached hydrogen (secondary N) is 1. The van der Waals surface area contributed by atoms with Gasteiger partial charge >= 0.3 is 0 Å². The topological polar surface area (TPSA) is 15.3 Å². The van der Waals surface area contributed by atoms with Crippen molar-refractivity contribution >= 4 is 0 Å². The van der Waals surface area contributed by atoms with Crippen molar-refractivity contribution in [3.8, 4) is 0 Å². The minimum atomic E-state index is 0.527. The number of rotatable bonds is 2. The van der Waals surface area contributed by atoms with Crippen molar-refractivity contribution in [3.05, 3.63) is 0 Å². The Balaban J connectivity index is 1.96. The van der Waals surface area contributed by atoms with Crippen LogP contribution in [-0.4, -0.2) is 23.1 Å². The van der Waals surface area contributed by atoms with E-state index in [-0.39, 0.29) is 0 Å². The van der Waals surface area contributed by atoms with E-state index in [1.54, 1.807) is 0 Å². The van der Waals surface area contributed by atoms with Crippen LogP contribution in [0.15, 0.2) is 0 Å². The van der Waals surface area contributed by atoms with E-state index in [0.29, 0.717) is 23.5 Å². The summed E-state index contributed by atoms with van der Waals surface area (Å²) in [4.78, 5) is 0. The van der Waals surface area contributed by atoms with Gasteiger partial charge in [-0.25, -0.2) is 5.01 Å². The quantitative estimate of drug-likeness (QED) is 0.791. The first-order valence-corrected chi connectivity index (χ1v) is 7.43. The minimum Gasteiger partial charge on any atom is -0.251 e. The van der Waals surface area contributed by atoms with Crippen molar-refractivity contribution in [2.75, 3.05) is 0 Å². The van der Waals surface area contributed by atoms with Crippen LogP contribution in [0.4, 0.5) is 0 Å². The van der Waals surface area contributed by atoms with Crippen LogP contribution in [-0.2, 0) is 0 Å². The zero-order valence-electron chi connectivity index (χ0n) is 12.3. The molecule has 0 aromatic rings. The Kier molecular flexibility index (Phi) is 3.84. The molecule has 1 aliphatic carbocycles. The molecule has 4 unspecified atom stereocenters. The summed E-state index contributed by atoms with van der Waals surface area (Å²) in [6.45, 7) is 12.0. The van der Waals surface area contributed by atoms with Crippen molar-refractivity contribution in [2.24, 2.45) is 11.3 Å². The molecule has 0 spiro atoms. The second-order valence-corrected chi connectivity index (χ2v) is 7.32. The van der Waals surface area contributed by atoms with Crippen LogP contribution in [0, 0.1) is 11.3 Å². The Morgan fingerprint density at radius 1 is 1.00 bits per heavy atom. The van der Waals surface area contributed by atoms with E-state index in [9.17, 15) is 0 Å². The Labute approximate surface area is 107 Å². The summed E-state index contributed by atoms with van der Waals surface area (Å²) in [5, 5.41) is 2.55. The fraction of sp³-hybridized carbons (Fsp3) is 1.00. The number of hydrazine groups is 1. The zero-order valence-corrected chi connectivity index (χ0v) is 12.3. The number of hydrogen-bond acceptors (Lipinski definition) is 2. The fourth-order valence-corrected chi connectivity index (χ4v) is 3.93. The van der Waals surface area contributed by atoms with Gasteiger partial charge in [-0.1, -0.05) is 27.2 Å². The number of piperidine rings is 1. The lowest BCUT2D eigenvalue weighted by Gasteiger charge is -2.41. The molecular formula is C15H30N2. The molecule has 17 heavy (non-hydrogen) atoms. The van der Waals surface area contributed by atoms with Crippen molar-refractivity contribution in [1.29, 1.82) is 0 Å². The average molecular weight is 238 g/mol. The predicted molar refractivity (Wildman–Crippen MR) is 73.7 cm³/mol. The van der Waals surface area contributed by atoms with E-state index in [1.807, 2.05) is 0 Å². The Morgan fingerprint density at radius 2 is 1.59 bits per heavy atom. The molecule has 1 N–H and O–H groups in total. The molecule has 2 nitrogen and oxygen atoms in total. The van der Waals surface area contributed by atoms with E-state index >= 15 is 0 Å². The molecule has 0 radical (unpaired) electrons. The Morgan fingerprint density at radius 3 is 2.06 bits per heavy atom. The first-order chi connectivity index (χ1) is 7.89. The van der Waals surface area contributed by atoms with Gasteiger partial charge in [0.1, 0.15) is 0 Å². The molecule has 0 amide bonds. The molecule has 2 fully saturated rings. The van der Waals surface area contributed by atoms with Crippen LogP contribution in [0.1, 0.15) is 66.7 Å². The standard InChI is InChI=1S/C15H30N2/c1-11-9-15(4,5)10-14(11)16-17-12(2)7-6-8-13(17)3/h11-14,16H,6-10H2,1-5H3. The fourth-order valence-electron chi connectivity index (χ4n) is 3.93. The lowest BCUT2D eigenvalue weighted by Crippen LogP contribution is -2.56. The Bertz CT molecular complexity index is 252. The van der Waals surface area contributed by atoms with Crippen molar-refractivity contribution in [3.63, 3.8) is 0 Å². The zero-order chi connectivity index (χ0) is 12.6. The smallest absolute Gasteiger partial charge is 0.0246 e. The molecule has 100 valence electrons. The maximum Gasteiger partial charge on any atom is 0.0246 e. The van der Waals surface area contributed by atoms with Gasteiger partial charge in [0, 0.05) is 18.1 Å². The molecular weight excluding hydrogens is 208 g/mol. The highest BCUT2D eigenvalue weighted by atomic mass is 15.5. The van der Waals surface area contributed by atoms with Gasteiger partial charge in [-0.3, -0.25) is 5.43 Å². The lowest BCUT2D eigenvalue weighted by molar-refractivity contribution is 0.0230. The normalized spacial score (nSPS) is 42.9. The summed E-state index contributed by atoms with van der Waals surface area (Å²) in [6, 6.07) is 2.09. The van der Waals surface area contributed by atoms with E-state index < -0.39 is 0 Å². The van der Waals surface area contributed by atoms with Gasteiger partial charge in [-0.2, -0.15) is 0 Å². The van der Waals surface area contributed by atoms with Gasteiger partial charge in [0.25, 0.3) is 0 Å². The summed E-state index contributed by atoms with van der Waals surface area (Å²) in [5.74, 6) is 0.811. The number of hydrogen-bond donors (Lipinski definition) is 1. The molecule has 1 heterocycles. The third-order valence-corrected chi connectivity index (χ3v) is 4.84. The highest BCUT2D eigenvalue weighted by Gasteiger charge is 2.38. The highest BCUT2D eigenvalue weighted by molar-refractivity contribution is 4.92. The third-order valence-electron chi connectivity index (χ3n) is 4.84. The van der Waals surface area contributed by atoms with E-state index in [1.165, 1.54) is 32.1 Å². The lowest BCUT2D eigenvalue weighted by atomic mass is 9.91. The first-order valence-electron chi connectivity index (χ1n) is 7.43. The second-order valence-electron chi connectivity index (χ2n) is 7.32. The molecule has 1 aliphatic heterocycles. The summed E-state index contributed by atoms with van der Waals surface area (Å²) >= 11 is 0. The molecule has 4 atom stereocenters. The van der Waals surface area contributed by atoms with Crippen molar-refractivity contribution in [2.45, 2.75) is 84.8 Å². The van der Waals surface area contributed by atoms with Crippen LogP contribution in [0.2, 0.25) is 0 Å². The van der Waals surface area contributed by atoms with E-state index in [0.717, 1.165) is 5.92 Å². The maximum absolute atomic E-state index is 3.86. The molecule has 1 saturated heterocycles. The van der Waals surface area contributed by atoms with Gasteiger partial charge in [-0.15, -0.1) is 0 Å². The van der Waals surface area contributed by atoms with Gasteiger partial charge < -0.3 is 0 Å². The van der Waals surface area contributed by atoms with E-state index in [4.69, 9.17) is 0 Å². The van der Waals surface area contributed by atoms with E-state index in [2.05, 4.69) is 45.1 Å². The SMILES string of the molecule is CC1CC(C)(C)CC1NN1C(C)CCCC1C. The minimum absolute atomic E-state index is 0.527. The third kappa shape index (κ3) is 3.03. The van der Waals surface area contributed by atoms with Crippen LogP contribution in [0.25, 0.3) is 0 Å². The molecule has 0 bridgehead atoms. The summed E-state index contributed by atoms with van der Waals surface area (Å²) in [7, 11) is 0. The van der Waals surface area contributed by atoms with Crippen LogP contribution >= 0.6 is 0 Å². The van der Waals surface area contributed by atoms with Crippen LogP contribution in [0.5, 0.6) is 0 Å².